The Kier molecular flexibility index (Phi) is 2.86. The van der Waals surface area contributed by atoms with Crippen LogP contribution in [-0.4, -0.2) is 14.1 Å². The van der Waals surface area contributed by atoms with Crippen LogP contribution in [0.1, 0.15) is 30.1 Å². The summed E-state index contributed by atoms with van der Waals surface area (Å²) in [5, 5.41) is 0. The number of aromatic nitrogens is 3. The maximum atomic E-state index is 12.1. The van der Waals surface area contributed by atoms with Crippen LogP contribution in [0.2, 0.25) is 0 Å². The van der Waals surface area contributed by atoms with Crippen molar-refractivity contribution in [2.75, 3.05) is 0 Å². The van der Waals surface area contributed by atoms with Gasteiger partial charge in [0.05, 0.1) is 18.6 Å². The van der Waals surface area contributed by atoms with Gasteiger partial charge in [-0.1, -0.05) is 0 Å². The third-order valence-corrected chi connectivity index (χ3v) is 3.68. The van der Waals surface area contributed by atoms with E-state index in [2.05, 4.69) is 25.5 Å². The summed E-state index contributed by atoms with van der Waals surface area (Å²) in [5.41, 5.74) is 1.90. The van der Waals surface area contributed by atoms with Crippen LogP contribution in [0.15, 0.2) is 34.1 Å². The van der Waals surface area contributed by atoms with E-state index >= 15 is 0 Å². The SMILES string of the molecule is Cc1cc(Br)cn(Cc2cncn2C2CC2)c1=O. The molecule has 0 saturated heterocycles. The van der Waals surface area contributed by atoms with Gasteiger partial charge in [0, 0.05) is 28.5 Å². The van der Waals surface area contributed by atoms with Crippen molar-refractivity contribution in [2.45, 2.75) is 32.4 Å². The zero-order valence-corrected chi connectivity index (χ0v) is 11.7. The molecule has 94 valence electrons. The lowest BCUT2D eigenvalue weighted by Gasteiger charge is -2.10. The molecule has 0 aromatic carbocycles. The van der Waals surface area contributed by atoms with Gasteiger partial charge in [-0.3, -0.25) is 4.79 Å². The smallest absolute Gasteiger partial charge is 0.253 e. The van der Waals surface area contributed by atoms with Gasteiger partial charge in [-0.05, 0) is 41.8 Å². The van der Waals surface area contributed by atoms with Crippen LogP contribution in [0.5, 0.6) is 0 Å². The van der Waals surface area contributed by atoms with Crippen LogP contribution in [0, 0.1) is 6.92 Å². The van der Waals surface area contributed by atoms with Gasteiger partial charge in [-0.2, -0.15) is 0 Å². The molecule has 3 rings (SSSR count). The average molecular weight is 308 g/mol. The number of aryl methyl sites for hydroxylation is 1. The molecule has 4 nitrogen and oxygen atoms in total. The summed E-state index contributed by atoms with van der Waals surface area (Å²) >= 11 is 3.43. The first kappa shape index (κ1) is 11.7. The molecule has 0 amide bonds. The van der Waals surface area contributed by atoms with Gasteiger partial charge in [0.2, 0.25) is 0 Å². The Morgan fingerprint density at radius 3 is 3.00 bits per heavy atom. The molecule has 1 saturated carbocycles. The van der Waals surface area contributed by atoms with Gasteiger partial charge in [-0.15, -0.1) is 0 Å². The highest BCUT2D eigenvalue weighted by Crippen LogP contribution is 2.35. The molecule has 0 spiro atoms. The lowest BCUT2D eigenvalue weighted by atomic mass is 10.3. The lowest BCUT2D eigenvalue weighted by Crippen LogP contribution is -2.23. The van der Waals surface area contributed by atoms with Crippen LogP contribution < -0.4 is 5.56 Å². The quantitative estimate of drug-likeness (QED) is 0.874. The summed E-state index contributed by atoms with van der Waals surface area (Å²) in [5.74, 6) is 0. The van der Waals surface area contributed by atoms with Crippen molar-refractivity contribution in [3.05, 3.63) is 50.9 Å². The van der Waals surface area contributed by atoms with E-state index < -0.39 is 0 Å². The second-order valence-electron chi connectivity index (χ2n) is 4.80. The highest BCUT2D eigenvalue weighted by Gasteiger charge is 2.25. The minimum atomic E-state index is 0.0572. The minimum Gasteiger partial charge on any atom is -0.330 e. The number of imidazole rings is 1. The van der Waals surface area contributed by atoms with E-state index in [1.165, 1.54) is 12.8 Å². The third kappa shape index (κ3) is 2.14. The number of hydrogen-bond acceptors (Lipinski definition) is 2. The van der Waals surface area contributed by atoms with Crippen LogP contribution in [0.4, 0.5) is 0 Å². The van der Waals surface area contributed by atoms with Gasteiger partial charge >= 0.3 is 0 Å². The van der Waals surface area contributed by atoms with Gasteiger partial charge in [0.15, 0.2) is 0 Å². The Bertz CT molecular complexity index is 640. The van der Waals surface area contributed by atoms with Gasteiger partial charge in [-0.25, -0.2) is 4.98 Å². The second kappa shape index (κ2) is 4.39. The maximum Gasteiger partial charge on any atom is 0.253 e. The molecule has 1 aliphatic rings. The van der Waals surface area contributed by atoms with E-state index in [0.717, 1.165) is 15.7 Å². The first-order valence-electron chi connectivity index (χ1n) is 6.02. The van der Waals surface area contributed by atoms with Crippen molar-refractivity contribution in [2.24, 2.45) is 0 Å². The molecule has 1 aliphatic carbocycles. The first-order chi connectivity index (χ1) is 8.65. The summed E-state index contributed by atoms with van der Waals surface area (Å²) in [6, 6.07) is 2.43. The van der Waals surface area contributed by atoms with Crippen molar-refractivity contribution in [3.63, 3.8) is 0 Å². The molecule has 2 aromatic rings. The Labute approximate surface area is 113 Å². The van der Waals surface area contributed by atoms with Crippen molar-refractivity contribution in [1.29, 1.82) is 0 Å². The van der Waals surface area contributed by atoms with E-state index in [0.29, 0.717) is 12.6 Å². The molecule has 2 aromatic heterocycles. The largest absolute Gasteiger partial charge is 0.330 e. The van der Waals surface area contributed by atoms with E-state index in [-0.39, 0.29) is 5.56 Å². The van der Waals surface area contributed by atoms with Crippen LogP contribution >= 0.6 is 15.9 Å². The Hall–Kier alpha value is -1.36. The van der Waals surface area contributed by atoms with E-state index in [1.54, 1.807) is 4.57 Å². The van der Waals surface area contributed by atoms with Crippen molar-refractivity contribution in [3.8, 4) is 0 Å². The Balaban J connectivity index is 1.97. The number of halogens is 1. The van der Waals surface area contributed by atoms with Crippen molar-refractivity contribution >= 4 is 15.9 Å². The molecule has 0 aliphatic heterocycles. The topological polar surface area (TPSA) is 39.8 Å². The van der Waals surface area contributed by atoms with E-state index in [4.69, 9.17) is 0 Å². The van der Waals surface area contributed by atoms with E-state index in [1.807, 2.05) is 31.7 Å². The molecule has 0 unspecified atom stereocenters. The fourth-order valence-corrected chi connectivity index (χ4v) is 2.76. The summed E-state index contributed by atoms with van der Waals surface area (Å²) in [7, 11) is 0. The lowest BCUT2D eigenvalue weighted by molar-refractivity contribution is 0.642. The number of pyridine rings is 1. The van der Waals surface area contributed by atoms with Crippen molar-refractivity contribution < 1.29 is 0 Å². The standard InChI is InChI=1S/C13H14BrN3O/c1-9-4-10(14)6-16(13(9)18)7-12-5-15-8-17(12)11-2-3-11/h4-6,8,11H,2-3,7H2,1H3. The maximum absolute atomic E-state index is 12.1. The number of nitrogens with zero attached hydrogens (tertiary/aromatic N) is 3. The molecule has 5 heteroatoms. The molecule has 1 fully saturated rings. The molecule has 0 radical (unpaired) electrons. The van der Waals surface area contributed by atoms with Gasteiger partial charge in [0.25, 0.3) is 5.56 Å². The second-order valence-corrected chi connectivity index (χ2v) is 5.71. The third-order valence-electron chi connectivity index (χ3n) is 3.25. The molecule has 18 heavy (non-hydrogen) atoms. The summed E-state index contributed by atoms with van der Waals surface area (Å²) in [4.78, 5) is 16.2. The monoisotopic (exact) mass is 307 g/mol. The van der Waals surface area contributed by atoms with E-state index in [9.17, 15) is 4.79 Å². The Morgan fingerprint density at radius 1 is 1.50 bits per heavy atom. The summed E-state index contributed by atoms with van der Waals surface area (Å²) in [6.07, 6.45) is 7.98. The molecule has 2 heterocycles. The highest BCUT2D eigenvalue weighted by atomic mass is 79.9. The van der Waals surface area contributed by atoms with Gasteiger partial charge in [0.1, 0.15) is 0 Å². The zero-order valence-electron chi connectivity index (χ0n) is 10.1. The molecule has 0 N–H and O–H groups in total. The summed E-state index contributed by atoms with van der Waals surface area (Å²) < 4.78 is 4.84. The van der Waals surface area contributed by atoms with Crippen LogP contribution in [-0.2, 0) is 6.54 Å². The predicted octanol–water partition coefficient (Wildman–Crippen LogP) is 2.50. The van der Waals surface area contributed by atoms with Crippen LogP contribution in [0.3, 0.4) is 0 Å². The summed E-state index contributed by atoms with van der Waals surface area (Å²) in [6.45, 7) is 2.41. The molecular weight excluding hydrogens is 294 g/mol. The number of hydrogen-bond donors (Lipinski definition) is 0. The molecule has 0 atom stereocenters. The first-order valence-corrected chi connectivity index (χ1v) is 6.82. The highest BCUT2D eigenvalue weighted by molar-refractivity contribution is 9.10. The van der Waals surface area contributed by atoms with Crippen LogP contribution in [0.25, 0.3) is 0 Å². The fraction of sp³-hybridized carbons (Fsp3) is 0.385. The minimum absolute atomic E-state index is 0.0572. The fourth-order valence-electron chi connectivity index (χ4n) is 2.17. The number of rotatable bonds is 3. The zero-order chi connectivity index (χ0) is 12.7. The molecular formula is C13H14BrN3O. The van der Waals surface area contributed by atoms with Gasteiger partial charge < -0.3 is 9.13 Å². The normalized spacial score (nSPS) is 15.0. The Morgan fingerprint density at radius 2 is 2.28 bits per heavy atom. The molecule has 0 bridgehead atoms. The van der Waals surface area contributed by atoms with Crippen molar-refractivity contribution in [1.82, 2.24) is 14.1 Å². The predicted molar refractivity (Wildman–Crippen MR) is 72.7 cm³/mol. The average Bonchev–Trinajstić information content (AvgIpc) is 3.07.